The van der Waals surface area contributed by atoms with Gasteiger partial charge in [0, 0.05) is 18.3 Å². The maximum atomic E-state index is 5.63. The Morgan fingerprint density at radius 2 is 2.00 bits per heavy atom. The Hall–Kier alpha value is -0.740. The van der Waals surface area contributed by atoms with E-state index in [1.807, 2.05) is 18.2 Å². The van der Waals surface area contributed by atoms with E-state index in [1.165, 1.54) is 0 Å². The van der Waals surface area contributed by atoms with Gasteiger partial charge in [0.2, 0.25) is 0 Å². The molecule has 17 heavy (non-hydrogen) atoms. The molecule has 0 spiro atoms. The van der Waals surface area contributed by atoms with E-state index in [2.05, 4.69) is 42.0 Å². The van der Waals surface area contributed by atoms with Gasteiger partial charge in [-0.05, 0) is 48.8 Å². The third-order valence-corrected chi connectivity index (χ3v) is 2.77. The molecule has 0 heterocycles. The summed E-state index contributed by atoms with van der Waals surface area (Å²) in [5.74, 6) is 0.826. The van der Waals surface area contributed by atoms with Gasteiger partial charge in [-0.2, -0.15) is 0 Å². The average Bonchev–Trinajstić information content (AvgIpc) is 2.25. The number of nitrogens with one attached hydrogen (secondary N) is 1. The van der Waals surface area contributed by atoms with E-state index in [4.69, 9.17) is 9.47 Å². The van der Waals surface area contributed by atoms with Crippen molar-refractivity contribution in [3.05, 3.63) is 22.7 Å². The summed E-state index contributed by atoms with van der Waals surface area (Å²) in [6, 6.07) is 5.93. The molecule has 1 rings (SSSR count). The third kappa shape index (κ3) is 5.41. The summed E-state index contributed by atoms with van der Waals surface area (Å²) in [5, 5.41) is 3.29. The van der Waals surface area contributed by atoms with E-state index in [0.717, 1.165) is 22.5 Å². The highest BCUT2D eigenvalue weighted by molar-refractivity contribution is 9.10. The van der Waals surface area contributed by atoms with Crippen LogP contribution >= 0.6 is 15.9 Å². The summed E-state index contributed by atoms with van der Waals surface area (Å²) >= 11 is 3.42. The standard InChI is InChI=1S/C13H20BrNO2/c1-13(2,3)17-8-7-15-10-5-6-11(14)12(9-10)16-4/h5-6,9,15H,7-8H2,1-4H3. The predicted octanol–water partition coefficient (Wildman–Crippen LogP) is 3.68. The molecule has 0 fully saturated rings. The fraction of sp³-hybridized carbons (Fsp3) is 0.538. The molecule has 0 saturated carbocycles. The Bertz CT molecular complexity index is 361. The Labute approximate surface area is 112 Å². The number of rotatable bonds is 5. The Balaban J connectivity index is 2.42. The van der Waals surface area contributed by atoms with Crippen molar-refractivity contribution in [2.24, 2.45) is 0 Å². The van der Waals surface area contributed by atoms with Crippen molar-refractivity contribution in [1.29, 1.82) is 0 Å². The number of anilines is 1. The summed E-state index contributed by atoms with van der Waals surface area (Å²) in [6.45, 7) is 7.62. The molecule has 1 N–H and O–H groups in total. The number of methoxy groups -OCH3 is 1. The van der Waals surface area contributed by atoms with Crippen LogP contribution in [0.5, 0.6) is 5.75 Å². The molecule has 0 atom stereocenters. The van der Waals surface area contributed by atoms with Crippen molar-refractivity contribution in [2.45, 2.75) is 26.4 Å². The molecular weight excluding hydrogens is 282 g/mol. The molecule has 0 aliphatic carbocycles. The van der Waals surface area contributed by atoms with Crippen molar-refractivity contribution in [1.82, 2.24) is 0 Å². The van der Waals surface area contributed by atoms with Crippen molar-refractivity contribution in [3.8, 4) is 5.75 Å². The third-order valence-electron chi connectivity index (χ3n) is 2.12. The molecule has 0 amide bonds. The van der Waals surface area contributed by atoms with E-state index in [-0.39, 0.29) is 5.60 Å². The first-order valence-electron chi connectivity index (χ1n) is 5.64. The minimum atomic E-state index is -0.0842. The first kappa shape index (κ1) is 14.3. The van der Waals surface area contributed by atoms with Gasteiger partial charge < -0.3 is 14.8 Å². The number of ether oxygens (including phenoxy) is 2. The van der Waals surface area contributed by atoms with Crippen LogP contribution in [0.15, 0.2) is 22.7 Å². The van der Waals surface area contributed by atoms with E-state index in [0.29, 0.717) is 6.61 Å². The second kappa shape index (κ2) is 6.26. The lowest BCUT2D eigenvalue weighted by Crippen LogP contribution is -2.23. The average molecular weight is 302 g/mol. The van der Waals surface area contributed by atoms with Gasteiger partial charge in [0.25, 0.3) is 0 Å². The Morgan fingerprint density at radius 1 is 1.29 bits per heavy atom. The summed E-state index contributed by atoms with van der Waals surface area (Å²) in [6.07, 6.45) is 0. The molecule has 3 nitrogen and oxygen atoms in total. The minimum Gasteiger partial charge on any atom is -0.495 e. The molecule has 0 aromatic heterocycles. The fourth-order valence-corrected chi connectivity index (χ4v) is 1.73. The van der Waals surface area contributed by atoms with Gasteiger partial charge in [0.05, 0.1) is 23.8 Å². The number of halogens is 1. The summed E-state index contributed by atoms with van der Waals surface area (Å²) in [7, 11) is 1.66. The highest BCUT2D eigenvalue weighted by Crippen LogP contribution is 2.27. The van der Waals surface area contributed by atoms with Gasteiger partial charge in [0.15, 0.2) is 0 Å². The van der Waals surface area contributed by atoms with Crippen LogP contribution in [0.25, 0.3) is 0 Å². The predicted molar refractivity (Wildman–Crippen MR) is 74.9 cm³/mol. The maximum absolute atomic E-state index is 5.63. The van der Waals surface area contributed by atoms with Crippen LogP contribution in [0, 0.1) is 0 Å². The normalized spacial score (nSPS) is 11.4. The molecule has 1 aromatic rings. The lowest BCUT2D eigenvalue weighted by atomic mass is 10.2. The summed E-state index contributed by atoms with van der Waals surface area (Å²) in [5.41, 5.74) is 0.946. The van der Waals surface area contributed by atoms with Gasteiger partial charge in [-0.15, -0.1) is 0 Å². The van der Waals surface area contributed by atoms with Crippen molar-refractivity contribution in [2.75, 3.05) is 25.6 Å². The molecule has 0 bridgehead atoms. The zero-order valence-electron chi connectivity index (χ0n) is 10.8. The zero-order chi connectivity index (χ0) is 12.9. The van der Waals surface area contributed by atoms with Gasteiger partial charge >= 0.3 is 0 Å². The van der Waals surface area contributed by atoms with E-state index >= 15 is 0 Å². The van der Waals surface area contributed by atoms with Crippen molar-refractivity contribution < 1.29 is 9.47 Å². The van der Waals surface area contributed by atoms with Crippen LogP contribution < -0.4 is 10.1 Å². The van der Waals surface area contributed by atoms with Crippen LogP contribution in [0.1, 0.15) is 20.8 Å². The molecule has 96 valence electrons. The van der Waals surface area contributed by atoms with Gasteiger partial charge in [-0.1, -0.05) is 0 Å². The van der Waals surface area contributed by atoms with Gasteiger partial charge in [0.1, 0.15) is 5.75 Å². The largest absolute Gasteiger partial charge is 0.495 e. The Morgan fingerprint density at radius 3 is 2.59 bits per heavy atom. The highest BCUT2D eigenvalue weighted by Gasteiger charge is 2.09. The molecule has 1 aromatic carbocycles. The van der Waals surface area contributed by atoms with Crippen LogP contribution in [-0.2, 0) is 4.74 Å². The molecule has 0 aliphatic rings. The minimum absolute atomic E-state index is 0.0842. The number of benzene rings is 1. The molecule has 0 unspecified atom stereocenters. The molecule has 4 heteroatoms. The van der Waals surface area contributed by atoms with Crippen molar-refractivity contribution >= 4 is 21.6 Å². The van der Waals surface area contributed by atoms with Crippen LogP contribution in [0.4, 0.5) is 5.69 Å². The maximum Gasteiger partial charge on any atom is 0.135 e. The smallest absolute Gasteiger partial charge is 0.135 e. The first-order valence-corrected chi connectivity index (χ1v) is 6.43. The molecule has 0 radical (unpaired) electrons. The summed E-state index contributed by atoms with van der Waals surface area (Å²) < 4.78 is 11.8. The van der Waals surface area contributed by atoms with E-state index in [1.54, 1.807) is 7.11 Å². The van der Waals surface area contributed by atoms with Gasteiger partial charge in [-0.3, -0.25) is 0 Å². The van der Waals surface area contributed by atoms with E-state index < -0.39 is 0 Å². The van der Waals surface area contributed by atoms with E-state index in [9.17, 15) is 0 Å². The molecule has 0 saturated heterocycles. The monoisotopic (exact) mass is 301 g/mol. The number of hydrogen-bond acceptors (Lipinski definition) is 3. The lowest BCUT2D eigenvalue weighted by molar-refractivity contribution is 0.00333. The number of hydrogen-bond donors (Lipinski definition) is 1. The second-order valence-corrected chi connectivity index (χ2v) is 5.59. The Kier molecular flexibility index (Phi) is 5.28. The second-order valence-electron chi connectivity index (χ2n) is 4.74. The molecule has 0 aliphatic heterocycles. The molecular formula is C13H20BrNO2. The van der Waals surface area contributed by atoms with Crippen LogP contribution in [0.2, 0.25) is 0 Å². The fourth-order valence-electron chi connectivity index (χ4n) is 1.32. The quantitative estimate of drug-likeness (QED) is 0.842. The van der Waals surface area contributed by atoms with Crippen LogP contribution in [-0.4, -0.2) is 25.9 Å². The lowest BCUT2D eigenvalue weighted by Gasteiger charge is -2.19. The van der Waals surface area contributed by atoms with Crippen molar-refractivity contribution in [3.63, 3.8) is 0 Å². The van der Waals surface area contributed by atoms with Gasteiger partial charge in [-0.25, -0.2) is 0 Å². The topological polar surface area (TPSA) is 30.5 Å². The highest BCUT2D eigenvalue weighted by atomic mass is 79.9. The SMILES string of the molecule is COc1cc(NCCOC(C)(C)C)ccc1Br. The zero-order valence-corrected chi connectivity index (χ0v) is 12.4. The van der Waals surface area contributed by atoms with Crippen LogP contribution in [0.3, 0.4) is 0 Å². The summed E-state index contributed by atoms with van der Waals surface area (Å²) in [4.78, 5) is 0. The first-order chi connectivity index (χ1) is 7.92.